The number of amides is 1. The number of allylic oxidation sites excluding steroid dienone is 2. The van der Waals surface area contributed by atoms with E-state index in [-0.39, 0.29) is 30.7 Å². The molecule has 0 saturated heterocycles. The number of unbranched alkanes of at least 4 members (excludes halogenated alkanes) is 2. The van der Waals surface area contributed by atoms with E-state index in [1.165, 1.54) is 0 Å². The predicted octanol–water partition coefficient (Wildman–Crippen LogP) is 4.50. The molecule has 0 aromatic heterocycles. The maximum absolute atomic E-state index is 12.7. The third-order valence-corrected chi connectivity index (χ3v) is 4.87. The molecule has 0 radical (unpaired) electrons. The quantitative estimate of drug-likeness (QED) is 0.233. The molecule has 164 valence electrons. The lowest BCUT2D eigenvalue weighted by Gasteiger charge is -2.25. The molecule has 1 amide bonds. The number of aliphatic hydroxyl groups is 2. The van der Waals surface area contributed by atoms with Crippen LogP contribution in [-0.4, -0.2) is 33.3 Å². The van der Waals surface area contributed by atoms with Crippen LogP contribution in [0.4, 0.5) is 4.53 Å². The average molecular weight is 402 g/mol. The highest BCUT2D eigenvalue weighted by Gasteiger charge is 2.26. The van der Waals surface area contributed by atoms with Crippen LogP contribution in [0.15, 0.2) is 37.0 Å². The molecule has 6 heteroatoms. The van der Waals surface area contributed by atoms with Gasteiger partial charge in [-0.3, -0.25) is 4.79 Å². The van der Waals surface area contributed by atoms with Crippen molar-refractivity contribution in [3.05, 3.63) is 37.0 Å². The summed E-state index contributed by atoms with van der Waals surface area (Å²) in [5.41, 5.74) is 1.16. The highest BCUT2D eigenvalue weighted by atomic mass is 19.3. The maximum atomic E-state index is 12.7. The lowest BCUT2D eigenvalue weighted by atomic mass is 9.91. The topological polar surface area (TPSA) is 89.8 Å². The van der Waals surface area contributed by atoms with Gasteiger partial charge in [0.15, 0.2) is 5.79 Å². The van der Waals surface area contributed by atoms with Crippen LogP contribution in [0, 0.1) is 5.92 Å². The van der Waals surface area contributed by atoms with Gasteiger partial charge in [-0.2, -0.15) is 0 Å². The molecule has 0 spiro atoms. The van der Waals surface area contributed by atoms with Crippen LogP contribution in [-0.2, 0) is 4.79 Å². The van der Waals surface area contributed by atoms with Gasteiger partial charge in [-0.05, 0) is 44.6 Å². The first kappa shape index (κ1) is 28.7. The SMILES string of the molecule is C=C.CCCCCC(CCC(O)(O)CC)C(=O)NC(C)C1=CCCC=C1.OF. The third-order valence-electron chi connectivity index (χ3n) is 4.87. The second kappa shape index (κ2) is 17.6. The summed E-state index contributed by atoms with van der Waals surface area (Å²) in [6, 6.07) is 0.00177. The van der Waals surface area contributed by atoms with Crippen molar-refractivity contribution < 1.29 is 24.8 Å². The van der Waals surface area contributed by atoms with E-state index in [4.69, 9.17) is 9.84 Å². The molecular weight excluding hydrogens is 361 g/mol. The van der Waals surface area contributed by atoms with E-state index >= 15 is 0 Å². The minimum absolute atomic E-state index is 0.00177. The summed E-state index contributed by atoms with van der Waals surface area (Å²) in [5, 5.41) is 28.2. The largest absolute Gasteiger partial charge is 0.366 e. The average Bonchev–Trinajstić information content (AvgIpc) is 2.74. The van der Waals surface area contributed by atoms with Crippen LogP contribution >= 0.6 is 0 Å². The number of rotatable bonds is 11. The molecule has 0 saturated carbocycles. The van der Waals surface area contributed by atoms with E-state index in [9.17, 15) is 15.0 Å². The number of carbonyl (C=O) groups excluding carboxylic acids is 1. The van der Waals surface area contributed by atoms with Gasteiger partial charge in [0.05, 0.1) is 6.04 Å². The third kappa shape index (κ3) is 12.8. The lowest BCUT2D eigenvalue weighted by Crippen LogP contribution is -2.39. The predicted molar refractivity (Wildman–Crippen MR) is 113 cm³/mol. The molecule has 0 bridgehead atoms. The molecule has 0 fully saturated rings. The zero-order chi connectivity index (χ0) is 22.0. The van der Waals surface area contributed by atoms with Crippen molar-refractivity contribution in [3.8, 4) is 0 Å². The smallest absolute Gasteiger partial charge is 0.223 e. The molecular formula is C22H40FNO4. The van der Waals surface area contributed by atoms with Crippen LogP contribution in [0.1, 0.15) is 78.6 Å². The van der Waals surface area contributed by atoms with E-state index in [1.807, 2.05) is 6.92 Å². The van der Waals surface area contributed by atoms with Gasteiger partial charge in [0.1, 0.15) is 0 Å². The monoisotopic (exact) mass is 401 g/mol. The summed E-state index contributed by atoms with van der Waals surface area (Å²) in [6.07, 6.45) is 13.6. The van der Waals surface area contributed by atoms with E-state index in [0.29, 0.717) is 6.42 Å². The molecule has 0 heterocycles. The van der Waals surface area contributed by atoms with Gasteiger partial charge in [-0.15, -0.1) is 13.2 Å². The van der Waals surface area contributed by atoms with Crippen molar-refractivity contribution in [3.63, 3.8) is 0 Å². The number of nitrogens with one attached hydrogen (secondary N) is 1. The summed E-state index contributed by atoms with van der Waals surface area (Å²) in [4.78, 5) is 12.7. The van der Waals surface area contributed by atoms with Crippen LogP contribution in [0.5, 0.6) is 0 Å². The molecule has 1 rings (SSSR count). The Hall–Kier alpha value is -1.50. The molecule has 0 aliphatic heterocycles. The summed E-state index contributed by atoms with van der Waals surface area (Å²) in [6.45, 7) is 11.9. The van der Waals surface area contributed by atoms with E-state index in [2.05, 4.69) is 43.6 Å². The molecule has 4 N–H and O–H groups in total. The van der Waals surface area contributed by atoms with Crippen LogP contribution in [0.3, 0.4) is 0 Å². The summed E-state index contributed by atoms with van der Waals surface area (Å²) in [7, 11) is 0. The molecule has 1 aliphatic carbocycles. The van der Waals surface area contributed by atoms with Crippen molar-refractivity contribution in [2.24, 2.45) is 5.92 Å². The number of hydrogen-bond acceptors (Lipinski definition) is 4. The molecule has 2 unspecified atom stereocenters. The molecule has 1 aliphatic rings. The van der Waals surface area contributed by atoms with Gasteiger partial charge in [0, 0.05) is 12.3 Å². The highest BCUT2D eigenvalue weighted by molar-refractivity contribution is 5.79. The Morgan fingerprint density at radius 1 is 1.21 bits per heavy atom. The summed E-state index contributed by atoms with van der Waals surface area (Å²) in [5.74, 6) is -1.79. The fraction of sp³-hybridized carbons (Fsp3) is 0.682. The van der Waals surface area contributed by atoms with Gasteiger partial charge < -0.3 is 15.5 Å². The van der Waals surface area contributed by atoms with Gasteiger partial charge in [0.2, 0.25) is 5.91 Å². The number of carbonyl (C=O) groups is 1. The minimum atomic E-state index is -1.66. The van der Waals surface area contributed by atoms with Crippen molar-refractivity contribution in [1.82, 2.24) is 5.32 Å². The fourth-order valence-corrected chi connectivity index (χ4v) is 3.00. The lowest BCUT2D eigenvalue weighted by molar-refractivity contribution is -0.170. The number of hydrogen-bond donors (Lipinski definition) is 4. The Kier molecular flexibility index (Phi) is 18.0. The van der Waals surface area contributed by atoms with E-state index in [1.54, 1.807) is 6.92 Å². The number of halogens is 1. The molecule has 2 atom stereocenters. The van der Waals surface area contributed by atoms with Crippen molar-refractivity contribution in [2.75, 3.05) is 0 Å². The Balaban J connectivity index is 0. The van der Waals surface area contributed by atoms with Gasteiger partial charge in [-0.25, -0.2) is 5.31 Å². The first-order valence-electron chi connectivity index (χ1n) is 10.2. The standard InChI is InChI=1S/C20H35NO3.C2H4.FHO/c1-4-6-8-13-18(14-15-20(23,24)5-2)19(22)21-16(3)17-11-9-7-10-12-17;2*1-2/h9,11-12,16,18,23-24H,4-8,10,13-15H2,1-3H3,(H,21,22);1-2H2;2H. The normalized spacial score (nSPS) is 15.2. The minimum Gasteiger partial charge on any atom is -0.366 e. The van der Waals surface area contributed by atoms with E-state index in [0.717, 1.165) is 44.1 Å². The zero-order valence-corrected chi connectivity index (χ0v) is 17.8. The van der Waals surface area contributed by atoms with Crippen molar-refractivity contribution >= 4 is 5.91 Å². The van der Waals surface area contributed by atoms with Gasteiger partial charge in [0.25, 0.3) is 0 Å². The maximum Gasteiger partial charge on any atom is 0.223 e. The summed E-state index contributed by atoms with van der Waals surface area (Å²) >= 11 is 0. The Morgan fingerprint density at radius 3 is 2.36 bits per heavy atom. The Labute approximate surface area is 170 Å². The zero-order valence-electron chi connectivity index (χ0n) is 17.8. The Bertz CT molecular complexity index is 463. The first-order chi connectivity index (χ1) is 13.4. The van der Waals surface area contributed by atoms with Crippen LogP contribution in [0.2, 0.25) is 0 Å². The van der Waals surface area contributed by atoms with Gasteiger partial charge >= 0.3 is 0 Å². The summed E-state index contributed by atoms with van der Waals surface area (Å²) < 4.78 is 8.50. The second-order valence-electron chi connectivity index (χ2n) is 6.98. The Morgan fingerprint density at radius 2 is 1.86 bits per heavy atom. The molecule has 0 aromatic carbocycles. The first-order valence-corrected chi connectivity index (χ1v) is 10.2. The fourth-order valence-electron chi connectivity index (χ4n) is 3.00. The van der Waals surface area contributed by atoms with Crippen LogP contribution in [0.25, 0.3) is 0 Å². The highest BCUT2D eigenvalue weighted by Crippen LogP contribution is 2.23. The van der Waals surface area contributed by atoms with E-state index < -0.39 is 5.79 Å². The van der Waals surface area contributed by atoms with Crippen molar-refractivity contribution in [1.29, 1.82) is 0 Å². The van der Waals surface area contributed by atoms with Crippen LogP contribution < -0.4 is 5.32 Å². The van der Waals surface area contributed by atoms with Gasteiger partial charge in [-0.1, -0.05) is 55.9 Å². The molecule has 5 nitrogen and oxygen atoms in total. The second-order valence-corrected chi connectivity index (χ2v) is 6.98. The molecule has 0 aromatic rings. The van der Waals surface area contributed by atoms with Crippen molar-refractivity contribution in [2.45, 2.75) is 90.4 Å². The molecule has 28 heavy (non-hydrogen) atoms.